The highest BCUT2D eigenvalue weighted by Gasteiger charge is 2.31. The van der Waals surface area contributed by atoms with E-state index >= 15 is 0 Å². The van der Waals surface area contributed by atoms with E-state index in [4.69, 9.17) is 0 Å². The SMILES string of the molecule is Cc1ccc(S(=O)(=O)N2CCC(NS(=O)(=O)c3ccc(Br)c(C)c3)CC2)cc1. The molecule has 0 radical (unpaired) electrons. The molecular formula is C19H23BrN2O4S2. The number of rotatable bonds is 5. The summed E-state index contributed by atoms with van der Waals surface area (Å²) < 4.78 is 55.8. The van der Waals surface area contributed by atoms with Gasteiger partial charge < -0.3 is 0 Å². The van der Waals surface area contributed by atoms with Gasteiger partial charge in [-0.3, -0.25) is 0 Å². The second kappa shape index (κ2) is 8.23. The van der Waals surface area contributed by atoms with Crippen molar-refractivity contribution in [3.8, 4) is 0 Å². The fraction of sp³-hybridized carbons (Fsp3) is 0.368. The maximum absolute atomic E-state index is 12.8. The number of nitrogens with zero attached hydrogens (tertiary/aromatic N) is 1. The molecule has 152 valence electrons. The zero-order valence-electron chi connectivity index (χ0n) is 15.7. The molecule has 2 aromatic rings. The number of halogens is 1. The molecule has 0 bridgehead atoms. The van der Waals surface area contributed by atoms with Crippen molar-refractivity contribution in [3.05, 3.63) is 58.1 Å². The normalized spacial score (nSPS) is 17.0. The summed E-state index contributed by atoms with van der Waals surface area (Å²) in [7, 11) is -7.21. The molecule has 1 aliphatic rings. The molecule has 1 saturated heterocycles. The standard InChI is InChI=1S/C19H23BrN2O4S2/c1-14-3-5-17(6-4-14)28(25,26)22-11-9-16(10-12-22)21-27(23,24)18-7-8-19(20)15(2)13-18/h3-8,13,16,21H,9-12H2,1-2H3. The largest absolute Gasteiger partial charge is 0.243 e. The predicted molar refractivity (Wildman–Crippen MR) is 112 cm³/mol. The summed E-state index contributed by atoms with van der Waals surface area (Å²) in [5.74, 6) is 0. The van der Waals surface area contributed by atoms with Crippen LogP contribution in [0.4, 0.5) is 0 Å². The van der Waals surface area contributed by atoms with Crippen LogP contribution >= 0.6 is 15.9 Å². The van der Waals surface area contributed by atoms with Crippen LogP contribution in [0.1, 0.15) is 24.0 Å². The molecule has 9 heteroatoms. The highest BCUT2D eigenvalue weighted by atomic mass is 79.9. The first-order valence-corrected chi connectivity index (χ1v) is 12.7. The first-order chi connectivity index (χ1) is 13.1. The molecule has 1 heterocycles. The molecule has 2 aromatic carbocycles. The highest BCUT2D eigenvalue weighted by molar-refractivity contribution is 9.10. The third kappa shape index (κ3) is 4.65. The number of sulfonamides is 2. The van der Waals surface area contributed by atoms with Gasteiger partial charge in [-0.2, -0.15) is 4.31 Å². The first kappa shape index (κ1) is 21.4. The van der Waals surface area contributed by atoms with Crippen molar-refractivity contribution >= 4 is 36.0 Å². The van der Waals surface area contributed by atoms with Crippen LogP contribution in [0, 0.1) is 13.8 Å². The zero-order chi connectivity index (χ0) is 20.5. The van der Waals surface area contributed by atoms with Gasteiger partial charge >= 0.3 is 0 Å². The number of hydrogen-bond donors (Lipinski definition) is 1. The smallest absolute Gasteiger partial charge is 0.208 e. The third-order valence-electron chi connectivity index (χ3n) is 4.87. The van der Waals surface area contributed by atoms with Gasteiger partial charge in [-0.15, -0.1) is 0 Å². The first-order valence-electron chi connectivity index (χ1n) is 8.95. The van der Waals surface area contributed by atoms with E-state index in [1.54, 1.807) is 42.5 Å². The lowest BCUT2D eigenvalue weighted by molar-refractivity contribution is 0.308. The molecule has 1 N–H and O–H groups in total. The molecule has 0 aliphatic carbocycles. The van der Waals surface area contributed by atoms with E-state index in [-0.39, 0.29) is 28.9 Å². The van der Waals surface area contributed by atoms with Crippen molar-refractivity contribution in [1.29, 1.82) is 0 Å². The average molecular weight is 487 g/mol. The number of nitrogens with one attached hydrogen (secondary N) is 1. The van der Waals surface area contributed by atoms with Gasteiger partial charge in [0, 0.05) is 23.6 Å². The summed E-state index contributed by atoms with van der Waals surface area (Å²) in [6.07, 6.45) is 0.861. The van der Waals surface area contributed by atoms with Crippen LogP contribution in [0.2, 0.25) is 0 Å². The summed E-state index contributed by atoms with van der Waals surface area (Å²) >= 11 is 3.37. The lowest BCUT2D eigenvalue weighted by Crippen LogP contribution is -2.46. The van der Waals surface area contributed by atoms with E-state index in [0.717, 1.165) is 15.6 Å². The van der Waals surface area contributed by atoms with Crippen LogP contribution in [-0.4, -0.2) is 40.3 Å². The molecule has 0 aromatic heterocycles. The van der Waals surface area contributed by atoms with Gasteiger partial charge in [0.15, 0.2) is 0 Å². The zero-order valence-corrected chi connectivity index (χ0v) is 18.9. The Bertz CT molecular complexity index is 1060. The van der Waals surface area contributed by atoms with Gasteiger partial charge in [-0.05, 0) is 62.6 Å². The van der Waals surface area contributed by atoms with Crippen LogP contribution < -0.4 is 4.72 Å². The van der Waals surface area contributed by atoms with Crippen molar-refractivity contribution in [1.82, 2.24) is 9.03 Å². The van der Waals surface area contributed by atoms with Gasteiger partial charge in [0.1, 0.15) is 0 Å². The number of benzene rings is 2. The number of piperidine rings is 1. The third-order valence-corrected chi connectivity index (χ3v) is 9.20. The molecule has 0 spiro atoms. The Balaban J connectivity index is 1.66. The molecular weight excluding hydrogens is 464 g/mol. The summed E-state index contributed by atoms with van der Waals surface area (Å²) in [6, 6.07) is 11.3. The van der Waals surface area contributed by atoms with Crippen molar-refractivity contribution < 1.29 is 16.8 Å². The molecule has 3 rings (SSSR count). The predicted octanol–water partition coefficient (Wildman–Crippen LogP) is 3.20. The van der Waals surface area contributed by atoms with Crippen molar-refractivity contribution in [3.63, 3.8) is 0 Å². The molecule has 6 nitrogen and oxygen atoms in total. The average Bonchev–Trinajstić information content (AvgIpc) is 2.64. The van der Waals surface area contributed by atoms with E-state index in [0.29, 0.717) is 12.8 Å². The molecule has 0 atom stereocenters. The molecule has 1 fully saturated rings. The summed E-state index contributed by atoms with van der Waals surface area (Å²) in [5, 5.41) is 0. The van der Waals surface area contributed by atoms with Crippen molar-refractivity contribution in [2.75, 3.05) is 13.1 Å². The van der Waals surface area contributed by atoms with E-state index in [1.165, 1.54) is 4.31 Å². The van der Waals surface area contributed by atoms with Gasteiger partial charge in [-0.25, -0.2) is 21.6 Å². The monoisotopic (exact) mass is 486 g/mol. The number of aryl methyl sites for hydroxylation is 2. The van der Waals surface area contributed by atoms with Gasteiger partial charge in [0.2, 0.25) is 20.0 Å². The molecule has 0 unspecified atom stereocenters. The fourth-order valence-electron chi connectivity index (χ4n) is 3.15. The Kier molecular flexibility index (Phi) is 6.31. The van der Waals surface area contributed by atoms with Gasteiger partial charge in [0.25, 0.3) is 0 Å². The van der Waals surface area contributed by atoms with Crippen molar-refractivity contribution in [2.45, 2.75) is 42.5 Å². The highest BCUT2D eigenvalue weighted by Crippen LogP contribution is 2.24. The van der Waals surface area contributed by atoms with Gasteiger partial charge in [0.05, 0.1) is 9.79 Å². The van der Waals surface area contributed by atoms with Crippen LogP contribution in [0.25, 0.3) is 0 Å². The molecule has 1 aliphatic heterocycles. The van der Waals surface area contributed by atoms with E-state index < -0.39 is 20.0 Å². The minimum atomic E-state index is -3.65. The van der Waals surface area contributed by atoms with Crippen LogP contribution in [0.3, 0.4) is 0 Å². The molecule has 0 saturated carbocycles. The van der Waals surface area contributed by atoms with Crippen LogP contribution in [-0.2, 0) is 20.0 Å². The Hall–Kier alpha value is -1.26. The molecule has 0 amide bonds. The fourth-order valence-corrected chi connectivity index (χ4v) is 6.25. The van der Waals surface area contributed by atoms with E-state index in [9.17, 15) is 16.8 Å². The lowest BCUT2D eigenvalue weighted by atomic mass is 10.1. The maximum atomic E-state index is 12.8. The van der Waals surface area contributed by atoms with Gasteiger partial charge in [-0.1, -0.05) is 33.6 Å². The Morgan fingerprint density at radius 1 is 0.929 bits per heavy atom. The summed E-state index contributed by atoms with van der Waals surface area (Å²) in [4.78, 5) is 0.477. The summed E-state index contributed by atoms with van der Waals surface area (Å²) in [6.45, 7) is 4.30. The second-order valence-corrected chi connectivity index (χ2v) is 11.5. The molecule has 28 heavy (non-hydrogen) atoms. The second-order valence-electron chi connectivity index (χ2n) is 7.02. The Labute approximate surface area is 175 Å². The minimum Gasteiger partial charge on any atom is -0.208 e. The maximum Gasteiger partial charge on any atom is 0.243 e. The summed E-state index contributed by atoms with van der Waals surface area (Å²) in [5.41, 5.74) is 1.83. The Morgan fingerprint density at radius 2 is 1.50 bits per heavy atom. The minimum absolute atomic E-state index is 0.211. The van der Waals surface area contributed by atoms with E-state index in [2.05, 4.69) is 20.7 Å². The van der Waals surface area contributed by atoms with E-state index in [1.807, 2.05) is 13.8 Å². The Morgan fingerprint density at radius 3 is 2.07 bits per heavy atom. The number of hydrogen-bond acceptors (Lipinski definition) is 4. The topological polar surface area (TPSA) is 83.6 Å². The van der Waals surface area contributed by atoms with Crippen molar-refractivity contribution in [2.24, 2.45) is 0 Å². The quantitative estimate of drug-likeness (QED) is 0.702. The van der Waals surface area contributed by atoms with Crippen LogP contribution in [0.15, 0.2) is 56.7 Å². The lowest BCUT2D eigenvalue weighted by Gasteiger charge is -2.31. The van der Waals surface area contributed by atoms with Crippen LogP contribution in [0.5, 0.6) is 0 Å².